The molecule has 0 saturated carbocycles. The number of nitrogens with zero attached hydrogens (tertiary/aromatic N) is 3. The number of benzene rings is 3. The van der Waals surface area contributed by atoms with Gasteiger partial charge in [0, 0.05) is 12.5 Å². The van der Waals surface area contributed by atoms with E-state index in [1.165, 1.54) is 0 Å². The van der Waals surface area contributed by atoms with Crippen molar-refractivity contribution in [3.63, 3.8) is 0 Å². The van der Waals surface area contributed by atoms with Crippen molar-refractivity contribution in [2.24, 2.45) is 5.10 Å². The first kappa shape index (κ1) is 23.5. The molecule has 1 fully saturated rings. The second kappa shape index (κ2) is 9.43. The summed E-state index contributed by atoms with van der Waals surface area (Å²) < 4.78 is 29.1. The number of fused-ring (bicyclic) bond motifs is 1. The summed E-state index contributed by atoms with van der Waals surface area (Å²) in [5.74, 6) is 0.888. The molecule has 0 unspecified atom stereocenters. The van der Waals surface area contributed by atoms with Gasteiger partial charge in [-0.3, -0.25) is 9.69 Å². The molecule has 35 heavy (non-hydrogen) atoms. The highest BCUT2D eigenvalue weighted by Crippen LogP contribution is 2.34. The Morgan fingerprint density at radius 2 is 1.83 bits per heavy atom. The van der Waals surface area contributed by atoms with Gasteiger partial charge in [0.25, 0.3) is 5.91 Å². The fraction of sp³-hybridized carbons (Fsp3) is 0.333. The lowest BCUT2D eigenvalue weighted by Crippen LogP contribution is -2.41. The molecule has 0 aliphatic carbocycles. The predicted molar refractivity (Wildman–Crippen MR) is 137 cm³/mol. The lowest BCUT2D eigenvalue weighted by molar-refractivity contribution is -0.134. The van der Waals surface area contributed by atoms with Crippen molar-refractivity contribution in [2.75, 3.05) is 32.2 Å². The summed E-state index contributed by atoms with van der Waals surface area (Å²) in [5.41, 5.74) is 2.83. The molecule has 0 N–H and O–H groups in total. The molecule has 0 spiro atoms. The number of hydrogen-bond donors (Lipinski definition) is 0. The van der Waals surface area contributed by atoms with Gasteiger partial charge in [-0.05, 0) is 53.6 Å². The van der Waals surface area contributed by atoms with Crippen LogP contribution in [0, 0.1) is 0 Å². The second-order valence-electron chi connectivity index (χ2n) is 9.31. The zero-order valence-corrected chi connectivity index (χ0v) is 20.7. The van der Waals surface area contributed by atoms with Gasteiger partial charge < -0.3 is 4.74 Å². The van der Waals surface area contributed by atoms with E-state index < -0.39 is 9.84 Å². The van der Waals surface area contributed by atoms with Crippen molar-refractivity contribution in [2.45, 2.75) is 24.9 Å². The third-order valence-corrected chi connectivity index (χ3v) is 8.72. The summed E-state index contributed by atoms with van der Waals surface area (Å²) >= 11 is 0. The lowest BCUT2D eigenvalue weighted by atomic mass is 9.97. The van der Waals surface area contributed by atoms with Crippen LogP contribution < -0.4 is 4.74 Å². The SMILES string of the molecule is COc1ccc([C@@H]2CC(c3ccc4ccccc4c3)=NN2C(=O)CN(C)[C@@H]2CCS(=O)(=O)C2)cc1. The third-order valence-electron chi connectivity index (χ3n) is 6.97. The van der Waals surface area contributed by atoms with Crippen LogP contribution in [0.5, 0.6) is 5.75 Å². The molecule has 5 rings (SSSR count). The highest BCUT2D eigenvalue weighted by molar-refractivity contribution is 7.91. The van der Waals surface area contributed by atoms with Crippen LogP contribution in [0.25, 0.3) is 10.8 Å². The fourth-order valence-electron chi connectivity index (χ4n) is 4.91. The van der Waals surface area contributed by atoms with Gasteiger partial charge in [0.05, 0.1) is 36.9 Å². The number of amides is 1. The minimum atomic E-state index is -3.02. The van der Waals surface area contributed by atoms with Gasteiger partial charge in [-0.15, -0.1) is 0 Å². The predicted octanol–water partition coefficient (Wildman–Crippen LogP) is 3.65. The molecule has 2 atom stereocenters. The summed E-state index contributed by atoms with van der Waals surface area (Å²) in [4.78, 5) is 15.3. The Hall–Kier alpha value is -3.23. The van der Waals surface area contributed by atoms with E-state index in [2.05, 4.69) is 30.3 Å². The van der Waals surface area contributed by atoms with Gasteiger partial charge in [0.1, 0.15) is 5.75 Å². The molecule has 7 nitrogen and oxygen atoms in total. The fourth-order valence-corrected chi connectivity index (χ4v) is 6.71. The van der Waals surface area contributed by atoms with E-state index in [-0.39, 0.29) is 36.0 Å². The number of likely N-dealkylation sites (N-methyl/N-ethyl adjacent to an activating group) is 1. The quantitative estimate of drug-likeness (QED) is 0.526. The molecule has 0 radical (unpaired) electrons. The van der Waals surface area contributed by atoms with Crippen molar-refractivity contribution in [1.29, 1.82) is 0 Å². The van der Waals surface area contributed by atoms with Gasteiger partial charge in [0.15, 0.2) is 9.84 Å². The van der Waals surface area contributed by atoms with Crippen molar-refractivity contribution in [1.82, 2.24) is 9.91 Å². The van der Waals surface area contributed by atoms with E-state index in [1.54, 1.807) is 12.1 Å². The summed E-state index contributed by atoms with van der Waals surface area (Å²) in [6.07, 6.45) is 1.15. The van der Waals surface area contributed by atoms with Crippen LogP contribution in [0.15, 0.2) is 71.8 Å². The zero-order valence-electron chi connectivity index (χ0n) is 19.9. The Morgan fingerprint density at radius 3 is 2.51 bits per heavy atom. The monoisotopic (exact) mass is 491 g/mol. The second-order valence-corrected chi connectivity index (χ2v) is 11.5. The van der Waals surface area contributed by atoms with Gasteiger partial charge >= 0.3 is 0 Å². The molecule has 1 amide bonds. The summed E-state index contributed by atoms with van der Waals surface area (Å²) in [6, 6.07) is 21.7. The van der Waals surface area contributed by atoms with E-state index in [1.807, 2.05) is 48.3 Å². The van der Waals surface area contributed by atoms with E-state index in [0.29, 0.717) is 12.8 Å². The molecule has 0 aromatic heterocycles. The number of carbonyl (C=O) groups is 1. The number of ether oxygens (including phenoxy) is 1. The minimum Gasteiger partial charge on any atom is -0.497 e. The van der Waals surface area contributed by atoms with Crippen LogP contribution in [0.3, 0.4) is 0 Å². The average molecular weight is 492 g/mol. The molecule has 2 aliphatic rings. The summed E-state index contributed by atoms with van der Waals surface area (Å²) in [6.45, 7) is 0.112. The van der Waals surface area contributed by atoms with Crippen LogP contribution in [-0.2, 0) is 14.6 Å². The van der Waals surface area contributed by atoms with E-state index in [0.717, 1.165) is 33.4 Å². The topological polar surface area (TPSA) is 79.3 Å². The number of carbonyl (C=O) groups excluding carboxylic acids is 1. The van der Waals surface area contributed by atoms with Gasteiger partial charge in [-0.25, -0.2) is 13.4 Å². The molecule has 2 heterocycles. The molecule has 0 bridgehead atoms. The highest BCUT2D eigenvalue weighted by atomic mass is 32.2. The highest BCUT2D eigenvalue weighted by Gasteiger charge is 2.36. The molecule has 2 aliphatic heterocycles. The largest absolute Gasteiger partial charge is 0.497 e. The van der Waals surface area contributed by atoms with Crippen LogP contribution in [-0.4, -0.2) is 68.2 Å². The van der Waals surface area contributed by atoms with Crippen molar-refractivity contribution in [3.8, 4) is 5.75 Å². The number of methoxy groups -OCH3 is 1. The van der Waals surface area contributed by atoms with E-state index >= 15 is 0 Å². The maximum absolute atomic E-state index is 13.5. The first-order valence-corrected chi connectivity index (χ1v) is 13.6. The molecule has 3 aromatic rings. The van der Waals surface area contributed by atoms with Crippen LogP contribution >= 0.6 is 0 Å². The lowest BCUT2D eigenvalue weighted by Gasteiger charge is -2.27. The maximum Gasteiger partial charge on any atom is 0.257 e. The van der Waals surface area contributed by atoms with Crippen molar-refractivity contribution < 1.29 is 17.9 Å². The van der Waals surface area contributed by atoms with Gasteiger partial charge in [-0.2, -0.15) is 5.10 Å². The summed E-state index contributed by atoms with van der Waals surface area (Å²) in [7, 11) is 0.416. The number of sulfone groups is 1. The number of rotatable bonds is 6. The van der Waals surface area contributed by atoms with Crippen molar-refractivity contribution >= 4 is 32.2 Å². The van der Waals surface area contributed by atoms with Crippen LogP contribution in [0.1, 0.15) is 30.0 Å². The third kappa shape index (κ3) is 4.94. The number of hydrazone groups is 1. The number of hydrogen-bond acceptors (Lipinski definition) is 6. The Kier molecular flexibility index (Phi) is 6.34. The molecule has 3 aromatic carbocycles. The van der Waals surface area contributed by atoms with Crippen molar-refractivity contribution in [3.05, 3.63) is 77.9 Å². The Morgan fingerprint density at radius 1 is 1.09 bits per heavy atom. The van der Waals surface area contributed by atoms with Crippen LogP contribution in [0.4, 0.5) is 0 Å². The van der Waals surface area contributed by atoms with Crippen LogP contribution in [0.2, 0.25) is 0 Å². The molecular formula is C27H29N3O4S. The van der Waals surface area contributed by atoms with Gasteiger partial charge in [-0.1, -0.05) is 48.5 Å². The standard InChI is InChI=1S/C27H29N3O4S/c1-29(23-13-14-35(32,33)18-23)17-27(31)30-26(20-9-11-24(34-2)12-10-20)16-25(28-30)22-8-7-19-5-3-4-6-21(19)15-22/h3-12,15,23,26H,13-14,16-18H2,1-2H3/t23-,26+/m1/s1. The maximum atomic E-state index is 13.5. The average Bonchev–Trinajstić information content (AvgIpc) is 3.47. The van der Waals surface area contributed by atoms with Gasteiger partial charge in [0.2, 0.25) is 0 Å². The minimum absolute atomic E-state index is 0.101. The Bertz CT molecular complexity index is 1390. The normalized spacial score (nSPS) is 21.5. The summed E-state index contributed by atoms with van der Waals surface area (Å²) in [5, 5.41) is 8.65. The smallest absolute Gasteiger partial charge is 0.257 e. The molecular weight excluding hydrogens is 462 g/mol. The Balaban J connectivity index is 1.43. The molecule has 1 saturated heterocycles. The first-order valence-electron chi connectivity index (χ1n) is 11.8. The molecule has 8 heteroatoms. The van der Waals surface area contributed by atoms with E-state index in [9.17, 15) is 13.2 Å². The Labute approximate surface area is 205 Å². The van der Waals surface area contributed by atoms with E-state index in [4.69, 9.17) is 9.84 Å². The molecule has 182 valence electrons. The first-order chi connectivity index (χ1) is 16.8. The zero-order chi connectivity index (χ0) is 24.6.